The maximum atomic E-state index is 12.4. The van der Waals surface area contributed by atoms with Crippen molar-refractivity contribution in [2.75, 3.05) is 33.9 Å². The number of benzene rings is 2. The first-order valence-corrected chi connectivity index (χ1v) is 9.63. The van der Waals surface area contributed by atoms with Gasteiger partial charge >= 0.3 is 0 Å². The molecule has 0 aliphatic heterocycles. The second-order valence-corrected chi connectivity index (χ2v) is 6.46. The van der Waals surface area contributed by atoms with Gasteiger partial charge in [-0.2, -0.15) is 0 Å². The van der Waals surface area contributed by atoms with E-state index in [4.69, 9.17) is 15.2 Å². The number of hydrogen-bond acceptors (Lipinski definition) is 4. The van der Waals surface area contributed by atoms with E-state index in [0.717, 1.165) is 17.5 Å². The van der Waals surface area contributed by atoms with Crippen molar-refractivity contribution < 1.29 is 14.3 Å². The number of hydrogen-bond donors (Lipinski definition) is 2. The van der Waals surface area contributed by atoms with Crippen LogP contribution in [0.3, 0.4) is 0 Å². The van der Waals surface area contributed by atoms with Crippen LogP contribution in [0.4, 0.5) is 0 Å². The molecule has 1 amide bonds. The molecule has 156 valence electrons. The second kappa shape index (κ2) is 11.6. The van der Waals surface area contributed by atoms with Crippen molar-refractivity contribution in [1.29, 1.82) is 0 Å². The minimum atomic E-state index is -0.0546. The predicted molar refractivity (Wildman–Crippen MR) is 115 cm³/mol. The Balaban J connectivity index is 1.81. The van der Waals surface area contributed by atoms with E-state index in [0.29, 0.717) is 31.1 Å². The SMILES string of the molecule is CCN(Cc1ccccc1)C(=O)CN=C(N)NCCc1ccc(OC)c(OC)c1. The fourth-order valence-electron chi connectivity index (χ4n) is 2.86. The fraction of sp³-hybridized carbons (Fsp3) is 0.364. The Bertz CT molecular complexity index is 809. The van der Waals surface area contributed by atoms with E-state index in [1.807, 2.05) is 55.5 Å². The molecule has 0 aromatic heterocycles. The fourth-order valence-corrected chi connectivity index (χ4v) is 2.86. The summed E-state index contributed by atoms with van der Waals surface area (Å²) in [5.74, 6) is 1.59. The van der Waals surface area contributed by atoms with Gasteiger partial charge in [-0.3, -0.25) is 4.79 Å². The lowest BCUT2D eigenvalue weighted by atomic mass is 10.1. The van der Waals surface area contributed by atoms with E-state index >= 15 is 0 Å². The highest BCUT2D eigenvalue weighted by molar-refractivity contribution is 5.84. The van der Waals surface area contributed by atoms with Crippen molar-refractivity contribution in [3.63, 3.8) is 0 Å². The van der Waals surface area contributed by atoms with Crippen molar-refractivity contribution in [2.45, 2.75) is 19.9 Å². The van der Waals surface area contributed by atoms with E-state index in [1.165, 1.54) is 0 Å². The number of amides is 1. The zero-order valence-corrected chi connectivity index (χ0v) is 17.4. The van der Waals surface area contributed by atoms with Gasteiger partial charge in [-0.1, -0.05) is 36.4 Å². The number of nitrogens with zero attached hydrogens (tertiary/aromatic N) is 2. The first-order valence-electron chi connectivity index (χ1n) is 9.63. The smallest absolute Gasteiger partial charge is 0.244 e. The second-order valence-electron chi connectivity index (χ2n) is 6.46. The molecule has 3 N–H and O–H groups in total. The first-order chi connectivity index (χ1) is 14.1. The summed E-state index contributed by atoms with van der Waals surface area (Å²) in [4.78, 5) is 18.4. The summed E-state index contributed by atoms with van der Waals surface area (Å²) in [6, 6.07) is 15.7. The quantitative estimate of drug-likeness (QED) is 0.473. The van der Waals surface area contributed by atoms with Crippen LogP contribution in [0.2, 0.25) is 0 Å². The minimum absolute atomic E-state index is 0.0237. The van der Waals surface area contributed by atoms with Gasteiger partial charge in [0.15, 0.2) is 17.5 Å². The maximum absolute atomic E-state index is 12.4. The average Bonchev–Trinajstić information content (AvgIpc) is 2.76. The molecule has 0 radical (unpaired) electrons. The molecule has 0 saturated carbocycles. The molecule has 29 heavy (non-hydrogen) atoms. The highest BCUT2D eigenvalue weighted by Crippen LogP contribution is 2.27. The van der Waals surface area contributed by atoms with Crippen LogP contribution in [0.5, 0.6) is 11.5 Å². The number of aliphatic imine (C=N–C) groups is 1. The van der Waals surface area contributed by atoms with Gasteiger partial charge in [0.2, 0.25) is 5.91 Å². The van der Waals surface area contributed by atoms with Crippen molar-refractivity contribution >= 4 is 11.9 Å². The van der Waals surface area contributed by atoms with E-state index in [1.54, 1.807) is 19.1 Å². The zero-order chi connectivity index (χ0) is 21.1. The van der Waals surface area contributed by atoms with Gasteiger partial charge in [0.25, 0.3) is 0 Å². The summed E-state index contributed by atoms with van der Waals surface area (Å²) in [7, 11) is 3.22. The zero-order valence-electron chi connectivity index (χ0n) is 17.4. The van der Waals surface area contributed by atoms with Crippen LogP contribution in [0.15, 0.2) is 53.5 Å². The number of carbonyl (C=O) groups excluding carboxylic acids is 1. The Morgan fingerprint density at radius 2 is 1.79 bits per heavy atom. The van der Waals surface area contributed by atoms with E-state index < -0.39 is 0 Å². The Morgan fingerprint density at radius 1 is 1.07 bits per heavy atom. The Hall–Kier alpha value is -3.22. The number of ether oxygens (including phenoxy) is 2. The third kappa shape index (κ3) is 7.03. The molecule has 0 saturated heterocycles. The lowest BCUT2D eigenvalue weighted by Gasteiger charge is -2.20. The molecule has 0 aliphatic rings. The lowest BCUT2D eigenvalue weighted by molar-refractivity contribution is -0.130. The summed E-state index contributed by atoms with van der Waals surface area (Å²) < 4.78 is 10.5. The van der Waals surface area contributed by atoms with E-state index in [9.17, 15) is 4.79 Å². The molecule has 7 heteroatoms. The summed E-state index contributed by atoms with van der Waals surface area (Å²) in [5, 5.41) is 3.04. The molecule has 2 aromatic rings. The van der Waals surface area contributed by atoms with E-state index in [2.05, 4.69) is 10.3 Å². The maximum Gasteiger partial charge on any atom is 0.244 e. The number of guanidine groups is 1. The molecule has 0 aliphatic carbocycles. The number of likely N-dealkylation sites (N-methyl/N-ethyl adjacent to an activating group) is 1. The van der Waals surface area contributed by atoms with Crippen molar-refractivity contribution in [1.82, 2.24) is 10.2 Å². The van der Waals surface area contributed by atoms with Crippen LogP contribution in [0, 0.1) is 0 Å². The Morgan fingerprint density at radius 3 is 2.45 bits per heavy atom. The van der Waals surface area contributed by atoms with Gasteiger partial charge < -0.3 is 25.4 Å². The number of carbonyl (C=O) groups is 1. The largest absolute Gasteiger partial charge is 0.493 e. The van der Waals surface area contributed by atoms with Crippen LogP contribution in [0.25, 0.3) is 0 Å². The lowest BCUT2D eigenvalue weighted by Crippen LogP contribution is -2.36. The van der Waals surface area contributed by atoms with Gasteiger partial charge in [0.1, 0.15) is 6.54 Å². The number of nitrogens with two attached hydrogens (primary N) is 1. The number of rotatable bonds is 10. The van der Waals surface area contributed by atoms with Gasteiger partial charge in [-0.05, 0) is 36.6 Å². The van der Waals surface area contributed by atoms with Crippen LogP contribution < -0.4 is 20.5 Å². The summed E-state index contributed by atoms with van der Waals surface area (Å²) >= 11 is 0. The molecule has 2 aromatic carbocycles. The van der Waals surface area contributed by atoms with Crippen LogP contribution in [0.1, 0.15) is 18.1 Å². The Labute approximate surface area is 172 Å². The van der Waals surface area contributed by atoms with Crippen molar-refractivity contribution in [3.8, 4) is 11.5 Å². The summed E-state index contributed by atoms with van der Waals surface area (Å²) in [6.07, 6.45) is 0.736. The molecular formula is C22H30N4O3. The molecule has 0 fully saturated rings. The molecule has 0 atom stereocenters. The van der Waals surface area contributed by atoms with Crippen molar-refractivity contribution in [2.24, 2.45) is 10.7 Å². The first kappa shape index (κ1) is 22.1. The Kier molecular flexibility index (Phi) is 8.82. The highest BCUT2D eigenvalue weighted by atomic mass is 16.5. The van der Waals surface area contributed by atoms with E-state index in [-0.39, 0.29) is 18.4 Å². The summed E-state index contributed by atoms with van der Waals surface area (Å²) in [5.41, 5.74) is 8.08. The monoisotopic (exact) mass is 398 g/mol. The summed E-state index contributed by atoms with van der Waals surface area (Å²) in [6.45, 7) is 3.76. The predicted octanol–water partition coefficient (Wildman–Crippen LogP) is 2.20. The topological polar surface area (TPSA) is 89.2 Å². The third-order valence-corrected chi connectivity index (χ3v) is 4.50. The minimum Gasteiger partial charge on any atom is -0.493 e. The van der Waals surface area contributed by atoms with Crippen LogP contribution >= 0.6 is 0 Å². The number of methoxy groups -OCH3 is 2. The molecule has 0 unspecified atom stereocenters. The molecule has 2 rings (SSSR count). The molecule has 0 bridgehead atoms. The van der Waals surface area contributed by atoms with Gasteiger partial charge in [0.05, 0.1) is 14.2 Å². The number of nitrogens with one attached hydrogen (secondary N) is 1. The highest BCUT2D eigenvalue weighted by Gasteiger charge is 2.11. The molecular weight excluding hydrogens is 368 g/mol. The third-order valence-electron chi connectivity index (χ3n) is 4.50. The van der Waals surface area contributed by atoms with Gasteiger partial charge in [-0.25, -0.2) is 4.99 Å². The van der Waals surface area contributed by atoms with Crippen LogP contribution in [-0.4, -0.2) is 50.6 Å². The standard InChI is InChI=1S/C22H30N4O3/c1-4-26(16-18-8-6-5-7-9-18)21(27)15-25-22(23)24-13-12-17-10-11-19(28-2)20(14-17)29-3/h5-11,14H,4,12-13,15-16H2,1-3H3,(H3,23,24,25). The van der Waals surface area contributed by atoms with Gasteiger partial charge in [-0.15, -0.1) is 0 Å². The molecule has 0 heterocycles. The average molecular weight is 399 g/mol. The van der Waals surface area contributed by atoms with Gasteiger partial charge in [0, 0.05) is 19.6 Å². The normalized spacial score (nSPS) is 11.1. The molecule has 7 nitrogen and oxygen atoms in total. The molecule has 0 spiro atoms. The van der Waals surface area contributed by atoms with Crippen LogP contribution in [-0.2, 0) is 17.8 Å². The van der Waals surface area contributed by atoms with Crippen molar-refractivity contribution in [3.05, 3.63) is 59.7 Å².